The smallest absolute Gasteiger partial charge is 0.260 e. The summed E-state index contributed by atoms with van der Waals surface area (Å²) in [6.45, 7) is 5.70. The topological polar surface area (TPSA) is 116 Å². The summed E-state index contributed by atoms with van der Waals surface area (Å²) in [6, 6.07) is 7.30. The van der Waals surface area contributed by atoms with Crippen LogP contribution in [0.1, 0.15) is 37.6 Å². The fourth-order valence-corrected chi connectivity index (χ4v) is 3.03. The Balaban J connectivity index is 2.76. The van der Waals surface area contributed by atoms with Gasteiger partial charge in [-0.1, -0.05) is 18.2 Å². The molecule has 1 aromatic carbocycles. The van der Waals surface area contributed by atoms with Gasteiger partial charge in [-0.3, -0.25) is 20.4 Å². The van der Waals surface area contributed by atoms with E-state index in [1.54, 1.807) is 30.3 Å². The number of hydrogen-bond acceptors (Lipinski definition) is 5. The highest BCUT2D eigenvalue weighted by Gasteiger charge is 2.23. The summed E-state index contributed by atoms with van der Waals surface area (Å²) >= 11 is 5.08. The lowest BCUT2D eigenvalue weighted by Crippen LogP contribution is -2.56. The molecule has 0 aromatic heterocycles. The van der Waals surface area contributed by atoms with Crippen LogP contribution in [0.2, 0.25) is 0 Å². The third-order valence-corrected chi connectivity index (χ3v) is 4.40. The van der Waals surface area contributed by atoms with Crippen LogP contribution in [0.4, 0.5) is 0 Å². The van der Waals surface area contributed by atoms with Crippen LogP contribution in [0.15, 0.2) is 30.3 Å². The summed E-state index contributed by atoms with van der Waals surface area (Å²) in [4.78, 5) is 24.7. The van der Waals surface area contributed by atoms with Gasteiger partial charge in [-0.2, -0.15) is 0 Å². The molecule has 0 spiro atoms. The average Bonchev–Trinajstić information content (AvgIpc) is 2.54. The number of carbonyl (C=O) groups excluding carboxylic acids is 2. The van der Waals surface area contributed by atoms with Gasteiger partial charge >= 0.3 is 0 Å². The zero-order valence-corrected chi connectivity index (χ0v) is 17.5. The maximum atomic E-state index is 12.4. The Hall–Kier alpha value is -2.20. The van der Waals surface area contributed by atoms with Crippen molar-refractivity contribution in [2.24, 2.45) is 0 Å². The fourth-order valence-electron chi connectivity index (χ4n) is 2.01. The first-order valence-corrected chi connectivity index (χ1v) is 10.8. The highest BCUT2D eigenvalue weighted by Crippen LogP contribution is 2.03. The van der Waals surface area contributed by atoms with Crippen LogP contribution in [0.25, 0.3) is 0 Å². The highest BCUT2D eigenvalue weighted by molar-refractivity contribution is 7.90. The van der Waals surface area contributed by atoms with E-state index < -0.39 is 27.7 Å². The number of carbonyl (C=O) groups is 2. The summed E-state index contributed by atoms with van der Waals surface area (Å²) in [7, 11) is -3.30. The number of hydrazine groups is 1. The van der Waals surface area contributed by atoms with Gasteiger partial charge in [0, 0.05) is 17.4 Å². The minimum atomic E-state index is -3.30. The van der Waals surface area contributed by atoms with E-state index in [0.29, 0.717) is 5.56 Å². The van der Waals surface area contributed by atoms with Gasteiger partial charge in [-0.25, -0.2) is 8.42 Å². The molecule has 1 rings (SSSR count). The predicted molar refractivity (Wildman–Crippen MR) is 109 cm³/mol. The molecule has 0 radical (unpaired) electrons. The van der Waals surface area contributed by atoms with E-state index >= 15 is 0 Å². The number of amides is 2. The van der Waals surface area contributed by atoms with Gasteiger partial charge in [0.15, 0.2) is 5.11 Å². The normalized spacial score (nSPS) is 12.6. The molecule has 0 fully saturated rings. The third kappa shape index (κ3) is 9.90. The second-order valence-corrected chi connectivity index (χ2v) is 9.80. The van der Waals surface area contributed by atoms with Crippen LogP contribution < -0.4 is 21.5 Å². The summed E-state index contributed by atoms with van der Waals surface area (Å²) in [6.07, 6.45) is 1.01. The number of hydrogen-bond donors (Lipinski definition) is 4. The molecular formula is C17H26N4O4S2. The molecule has 2 amide bonds. The molecule has 0 saturated heterocycles. The Kier molecular flexibility index (Phi) is 8.17. The van der Waals surface area contributed by atoms with Gasteiger partial charge in [0.05, 0.1) is 5.75 Å². The van der Waals surface area contributed by atoms with E-state index in [2.05, 4.69) is 21.5 Å². The van der Waals surface area contributed by atoms with Crippen LogP contribution in [-0.4, -0.2) is 48.9 Å². The number of nitrogens with one attached hydrogen (secondary N) is 4. The predicted octanol–water partition coefficient (Wildman–Crippen LogP) is 0.514. The van der Waals surface area contributed by atoms with Gasteiger partial charge in [0.1, 0.15) is 15.9 Å². The monoisotopic (exact) mass is 414 g/mol. The number of sulfone groups is 1. The largest absolute Gasteiger partial charge is 0.357 e. The van der Waals surface area contributed by atoms with Crippen molar-refractivity contribution < 1.29 is 18.0 Å². The molecule has 0 unspecified atom stereocenters. The Morgan fingerprint density at radius 2 is 1.70 bits per heavy atom. The second-order valence-electron chi connectivity index (χ2n) is 7.13. The van der Waals surface area contributed by atoms with Crippen molar-refractivity contribution in [2.45, 2.75) is 38.8 Å². The molecule has 0 aliphatic rings. The molecule has 0 heterocycles. The van der Waals surface area contributed by atoms with Gasteiger partial charge < -0.3 is 10.6 Å². The molecule has 1 atom stereocenters. The average molecular weight is 415 g/mol. The Labute approximate surface area is 165 Å². The lowest BCUT2D eigenvalue weighted by atomic mass is 10.1. The van der Waals surface area contributed by atoms with E-state index in [-0.39, 0.29) is 22.8 Å². The molecule has 4 N–H and O–H groups in total. The third-order valence-electron chi connectivity index (χ3n) is 3.22. The van der Waals surface area contributed by atoms with E-state index in [0.717, 1.165) is 6.26 Å². The molecular weight excluding hydrogens is 388 g/mol. The SMILES string of the molecule is CC(C)(C)NC(=S)NNC(=O)[C@H](CCS(C)(=O)=O)NC(=O)c1ccccc1. The first kappa shape index (κ1) is 22.8. The van der Waals surface area contributed by atoms with Crippen molar-refractivity contribution in [3.05, 3.63) is 35.9 Å². The Morgan fingerprint density at radius 3 is 2.22 bits per heavy atom. The molecule has 0 aliphatic heterocycles. The van der Waals surface area contributed by atoms with Gasteiger partial charge in [0.2, 0.25) is 0 Å². The molecule has 150 valence electrons. The molecule has 0 bridgehead atoms. The van der Waals surface area contributed by atoms with Crippen molar-refractivity contribution in [1.29, 1.82) is 0 Å². The summed E-state index contributed by atoms with van der Waals surface area (Å²) in [5.41, 5.74) is 5.01. The molecule has 0 aliphatic carbocycles. The number of benzene rings is 1. The number of rotatable bonds is 6. The lowest BCUT2D eigenvalue weighted by Gasteiger charge is -2.24. The van der Waals surface area contributed by atoms with Crippen molar-refractivity contribution in [2.75, 3.05) is 12.0 Å². The maximum absolute atomic E-state index is 12.4. The lowest BCUT2D eigenvalue weighted by molar-refractivity contribution is -0.123. The van der Waals surface area contributed by atoms with Crippen molar-refractivity contribution in [3.8, 4) is 0 Å². The maximum Gasteiger partial charge on any atom is 0.260 e. The Bertz CT molecular complexity index is 774. The fraction of sp³-hybridized carbons (Fsp3) is 0.471. The van der Waals surface area contributed by atoms with Crippen molar-refractivity contribution in [3.63, 3.8) is 0 Å². The second kappa shape index (κ2) is 9.65. The molecule has 27 heavy (non-hydrogen) atoms. The van der Waals surface area contributed by atoms with Crippen molar-refractivity contribution in [1.82, 2.24) is 21.5 Å². The van der Waals surface area contributed by atoms with Crippen LogP contribution in [0.3, 0.4) is 0 Å². The zero-order chi connectivity index (χ0) is 20.7. The quantitative estimate of drug-likeness (QED) is 0.396. The van der Waals surface area contributed by atoms with Crippen LogP contribution in [-0.2, 0) is 14.6 Å². The van der Waals surface area contributed by atoms with Gasteiger partial charge in [-0.05, 0) is 51.5 Å². The minimum absolute atomic E-state index is 0.0651. The molecule has 0 saturated carbocycles. The van der Waals surface area contributed by atoms with Crippen molar-refractivity contribution >= 4 is 39.0 Å². The first-order valence-electron chi connectivity index (χ1n) is 8.29. The van der Waals surface area contributed by atoms with Crippen LogP contribution in [0, 0.1) is 0 Å². The summed E-state index contributed by atoms with van der Waals surface area (Å²) in [5.74, 6) is -1.31. The van der Waals surface area contributed by atoms with E-state index in [1.807, 2.05) is 20.8 Å². The van der Waals surface area contributed by atoms with Gasteiger partial charge in [0.25, 0.3) is 11.8 Å². The minimum Gasteiger partial charge on any atom is -0.357 e. The Morgan fingerprint density at radius 1 is 1.11 bits per heavy atom. The van der Waals surface area contributed by atoms with Gasteiger partial charge in [-0.15, -0.1) is 0 Å². The molecule has 10 heteroatoms. The summed E-state index contributed by atoms with van der Waals surface area (Å²) < 4.78 is 22.9. The van der Waals surface area contributed by atoms with E-state index in [4.69, 9.17) is 12.2 Å². The molecule has 8 nitrogen and oxygen atoms in total. The summed E-state index contributed by atoms with van der Waals surface area (Å²) in [5, 5.41) is 5.72. The molecule has 1 aromatic rings. The standard InChI is InChI=1S/C17H26N4O4S2/c1-17(2,3)19-16(26)21-20-15(23)13(10-11-27(4,24)25)18-14(22)12-8-6-5-7-9-12/h5-9,13H,10-11H2,1-4H3,(H,18,22)(H,20,23)(H2,19,21,26)/t13-/m0/s1. The van der Waals surface area contributed by atoms with E-state index in [9.17, 15) is 18.0 Å². The van der Waals surface area contributed by atoms with E-state index in [1.165, 1.54) is 0 Å². The zero-order valence-electron chi connectivity index (χ0n) is 15.8. The number of thiocarbonyl (C=S) groups is 1. The van der Waals surface area contributed by atoms with Crippen LogP contribution >= 0.6 is 12.2 Å². The van der Waals surface area contributed by atoms with Crippen LogP contribution in [0.5, 0.6) is 0 Å². The first-order chi connectivity index (χ1) is 12.4. The highest BCUT2D eigenvalue weighted by atomic mass is 32.2.